The third kappa shape index (κ3) is 3.13. The topological polar surface area (TPSA) is 87.0 Å². The molecular formula is C13H14F3N5O2. The molecule has 1 fully saturated rings. The lowest BCUT2D eigenvalue weighted by Crippen LogP contribution is -2.44. The number of piperazine rings is 1. The summed E-state index contributed by atoms with van der Waals surface area (Å²) in [6.45, 7) is 2.27. The highest BCUT2D eigenvalue weighted by Gasteiger charge is 2.32. The molecule has 1 aliphatic rings. The van der Waals surface area contributed by atoms with Gasteiger partial charge in [-0.2, -0.15) is 18.2 Å². The summed E-state index contributed by atoms with van der Waals surface area (Å²) in [5, 5.41) is 7.03. The van der Waals surface area contributed by atoms with Crippen LogP contribution in [0.1, 0.15) is 17.6 Å². The number of hydrogen-bond donors (Lipinski definition) is 2. The molecular weight excluding hydrogens is 315 g/mol. The molecule has 0 bridgehead atoms. The van der Waals surface area contributed by atoms with Crippen molar-refractivity contribution in [3.05, 3.63) is 34.0 Å². The number of alkyl halides is 3. The molecule has 1 unspecified atom stereocenters. The zero-order valence-electron chi connectivity index (χ0n) is 12.1. The number of H-pyrrole nitrogens is 1. The number of hydrogen-bond acceptors (Lipinski definition) is 6. The predicted molar refractivity (Wildman–Crippen MR) is 73.6 cm³/mol. The highest BCUT2D eigenvalue weighted by molar-refractivity contribution is 5.51. The van der Waals surface area contributed by atoms with Gasteiger partial charge in [0.15, 0.2) is 5.82 Å². The van der Waals surface area contributed by atoms with Gasteiger partial charge in [0.1, 0.15) is 11.3 Å². The molecule has 0 amide bonds. The fourth-order valence-corrected chi connectivity index (χ4v) is 2.38. The molecule has 1 aliphatic heterocycles. The quantitative estimate of drug-likeness (QED) is 0.855. The van der Waals surface area contributed by atoms with Crippen LogP contribution in [0.3, 0.4) is 0 Å². The fraction of sp³-hybridized carbons (Fsp3) is 0.462. The molecule has 3 heterocycles. The lowest BCUT2D eigenvalue weighted by molar-refractivity contribution is -0.141. The molecule has 1 saturated heterocycles. The molecule has 0 spiro atoms. The average Bonchev–Trinajstić information content (AvgIpc) is 2.96. The van der Waals surface area contributed by atoms with Crippen LogP contribution in [0.2, 0.25) is 0 Å². The number of halogens is 3. The van der Waals surface area contributed by atoms with Crippen LogP contribution < -0.4 is 10.9 Å². The Morgan fingerprint density at radius 2 is 2.17 bits per heavy atom. The van der Waals surface area contributed by atoms with E-state index in [0.717, 1.165) is 25.2 Å². The Balaban J connectivity index is 1.90. The Hall–Kier alpha value is -2.20. The smallest absolute Gasteiger partial charge is 0.334 e. The predicted octanol–water partition coefficient (Wildman–Crippen LogP) is 1.02. The minimum Gasteiger partial charge on any atom is -0.334 e. The van der Waals surface area contributed by atoms with Crippen molar-refractivity contribution in [3.8, 4) is 11.5 Å². The van der Waals surface area contributed by atoms with Crippen LogP contribution in [-0.4, -0.2) is 46.7 Å². The van der Waals surface area contributed by atoms with Gasteiger partial charge in [0.25, 0.3) is 11.4 Å². The number of pyridine rings is 1. The molecule has 0 aromatic carbocycles. The molecule has 23 heavy (non-hydrogen) atoms. The third-order valence-corrected chi connectivity index (χ3v) is 3.70. The van der Waals surface area contributed by atoms with Crippen molar-refractivity contribution in [3.63, 3.8) is 0 Å². The van der Waals surface area contributed by atoms with E-state index in [1.165, 1.54) is 0 Å². The standard InChI is InChI=1S/C13H14F3N5O2/c1-21-5-4-17-6-8(21)10-19-12(23-20-10)7-2-3-9(13(14,15)16)18-11(7)22/h2-3,8,17H,4-6H2,1H3,(H,18,22). The number of rotatable bonds is 2. The van der Waals surface area contributed by atoms with E-state index in [-0.39, 0.29) is 17.5 Å². The molecule has 2 aromatic heterocycles. The molecule has 3 rings (SSSR count). The number of aromatic amines is 1. The summed E-state index contributed by atoms with van der Waals surface area (Å²) in [6.07, 6.45) is -4.62. The van der Waals surface area contributed by atoms with Crippen molar-refractivity contribution >= 4 is 0 Å². The first-order valence-electron chi connectivity index (χ1n) is 6.91. The second-order valence-corrected chi connectivity index (χ2v) is 5.27. The maximum Gasteiger partial charge on any atom is 0.431 e. The Kier molecular flexibility index (Phi) is 3.94. The zero-order chi connectivity index (χ0) is 16.6. The van der Waals surface area contributed by atoms with Gasteiger partial charge >= 0.3 is 6.18 Å². The SMILES string of the molecule is CN1CCNCC1c1noc(-c2ccc(C(F)(F)F)[nH]c2=O)n1. The molecule has 1 atom stereocenters. The molecule has 2 N–H and O–H groups in total. The minimum absolute atomic E-state index is 0.0943. The second-order valence-electron chi connectivity index (χ2n) is 5.27. The fourth-order valence-electron chi connectivity index (χ4n) is 2.38. The van der Waals surface area contributed by atoms with Crippen molar-refractivity contribution in [1.82, 2.24) is 25.3 Å². The minimum atomic E-state index is -4.62. The van der Waals surface area contributed by atoms with Gasteiger partial charge in [-0.05, 0) is 19.2 Å². The third-order valence-electron chi connectivity index (χ3n) is 3.70. The largest absolute Gasteiger partial charge is 0.431 e. The van der Waals surface area contributed by atoms with Crippen molar-refractivity contribution < 1.29 is 17.7 Å². The van der Waals surface area contributed by atoms with Crippen molar-refractivity contribution in [2.75, 3.05) is 26.7 Å². The van der Waals surface area contributed by atoms with Gasteiger partial charge in [0.2, 0.25) is 0 Å². The zero-order valence-corrected chi connectivity index (χ0v) is 12.1. The van der Waals surface area contributed by atoms with Gasteiger partial charge in [-0.25, -0.2) is 0 Å². The first kappa shape index (κ1) is 15.7. The van der Waals surface area contributed by atoms with E-state index in [0.29, 0.717) is 12.4 Å². The normalized spacial score (nSPS) is 19.9. The highest BCUT2D eigenvalue weighted by atomic mass is 19.4. The average molecular weight is 329 g/mol. The Bertz CT molecular complexity index is 755. The van der Waals surface area contributed by atoms with Crippen LogP contribution in [0.25, 0.3) is 11.5 Å². The van der Waals surface area contributed by atoms with Crippen LogP contribution in [0.5, 0.6) is 0 Å². The van der Waals surface area contributed by atoms with Crippen molar-refractivity contribution in [2.45, 2.75) is 12.2 Å². The lowest BCUT2D eigenvalue weighted by atomic mass is 10.2. The van der Waals surface area contributed by atoms with E-state index >= 15 is 0 Å². The maximum absolute atomic E-state index is 12.6. The van der Waals surface area contributed by atoms with Gasteiger partial charge in [-0.15, -0.1) is 0 Å². The first-order chi connectivity index (χ1) is 10.9. The van der Waals surface area contributed by atoms with Gasteiger partial charge in [0, 0.05) is 19.6 Å². The summed E-state index contributed by atoms with van der Waals surface area (Å²) in [5.41, 5.74) is -2.14. The number of likely N-dealkylation sites (N-methyl/N-ethyl adjacent to an activating group) is 1. The van der Waals surface area contributed by atoms with Gasteiger partial charge in [-0.1, -0.05) is 5.16 Å². The molecule has 7 nitrogen and oxygen atoms in total. The monoisotopic (exact) mass is 329 g/mol. The molecule has 0 aliphatic carbocycles. The molecule has 124 valence electrons. The van der Waals surface area contributed by atoms with E-state index < -0.39 is 17.4 Å². The molecule has 10 heteroatoms. The van der Waals surface area contributed by atoms with E-state index in [4.69, 9.17) is 4.52 Å². The van der Waals surface area contributed by atoms with Crippen LogP contribution in [-0.2, 0) is 6.18 Å². The summed E-state index contributed by atoms with van der Waals surface area (Å²) in [7, 11) is 1.91. The molecule has 0 radical (unpaired) electrons. The van der Waals surface area contributed by atoms with Gasteiger partial charge < -0.3 is 14.8 Å². The van der Waals surface area contributed by atoms with Crippen LogP contribution in [0, 0.1) is 0 Å². The van der Waals surface area contributed by atoms with Crippen LogP contribution in [0.15, 0.2) is 21.5 Å². The second kappa shape index (κ2) is 5.78. The number of nitrogens with zero attached hydrogens (tertiary/aromatic N) is 3. The van der Waals surface area contributed by atoms with E-state index in [9.17, 15) is 18.0 Å². The van der Waals surface area contributed by atoms with E-state index in [1.54, 1.807) is 4.98 Å². The molecule has 2 aromatic rings. The van der Waals surface area contributed by atoms with Crippen molar-refractivity contribution in [2.24, 2.45) is 0 Å². The van der Waals surface area contributed by atoms with Crippen LogP contribution in [0.4, 0.5) is 13.2 Å². The van der Waals surface area contributed by atoms with Gasteiger partial charge in [0.05, 0.1) is 6.04 Å². The Labute approximate surface area is 128 Å². The van der Waals surface area contributed by atoms with E-state index in [2.05, 4.69) is 15.5 Å². The summed E-state index contributed by atoms with van der Waals surface area (Å²) in [4.78, 5) is 19.8. The maximum atomic E-state index is 12.6. The molecule has 0 saturated carbocycles. The lowest BCUT2D eigenvalue weighted by Gasteiger charge is -2.30. The van der Waals surface area contributed by atoms with Crippen molar-refractivity contribution in [1.29, 1.82) is 0 Å². The summed E-state index contributed by atoms with van der Waals surface area (Å²) >= 11 is 0. The summed E-state index contributed by atoms with van der Waals surface area (Å²) in [6, 6.07) is 1.69. The summed E-state index contributed by atoms with van der Waals surface area (Å²) < 4.78 is 42.7. The Morgan fingerprint density at radius 3 is 2.83 bits per heavy atom. The number of nitrogens with one attached hydrogen (secondary N) is 2. The van der Waals surface area contributed by atoms with Crippen LogP contribution >= 0.6 is 0 Å². The highest BCUT2D eigenvalue weighted by Crippen LogP contribution is 2.27. The van der Waals surface area contributed by atoms with E-state index in [1.807, 2.05) is 11.9 Å². The Morgan fingerprint density at radius 1 is 1.39 bits per heavy atom. The number of aromatic nitrogens is 3. The first-order valence-corrected chi connectivity index (χ1v) is 6.91. The summed E-state index contributed by atoms with van der Waals surface area (Å²) in [5.74, 6) is 0.281. The van der Waals surface area contributed by atoms with Gasteiger partial charge in [-0.3, -0.25) is 9.69 Å².